The molecule has 0 bridgehead atoms. The Hall–Kier alpha value is -1.21. The molecule has 20 heavy (non-hydrogen) atoms. The summed E-state index contributed by atoms with van der Waals surface area (Å²) in [7, 11) is -1.63. The fourth-order valence-electron chi connectivity index (χ4n) is 1.87. The lowest BCUT2D eigenvalue weighted by Crippen LogP contribution is -2.26. The summed E-state index contributed by atoms with van der Waals surface area (Å²) in [5.41, 5.74) is 0.947. The fraction of sp³-hybridized carbons (Fsp3) is 0.286. The summed E-state index contributed by atoms with van der Waals surface area (Å²) in [4.78, 5) is 1.00. The zero-order chi connectivity index (χ0) is 14.6. The lowest BCUT2D eigenvalue weighted by Gasteiger charge is -2.13. The Kier molecular flexibility index (Phi) is 4.93. The molecule has 0 aliphatic carbocycles. The molecule has 4 nitrogen and oxygen atoms in total. The highest BCUT2D eigenvalue weighted by Crippen LogP contribution is 2.23. The number of rotatable bonds is 6. The minimum Gasteiger partial charge on any atom is -0.315 e. The molecule has 1 heterocycles. The molecule has 1 aromatic heterocycles. The molecule has 0 aliphatic rings. The number of benzene rings is 1. The maximum atomic E-state index is 12.3. The van der Waals surface area contributed by atoms with Gasteiger partial charge in [-0.2, -0.15) is 0 Å². The fourth-order valence-corrected chi connectivity index (χ4v) is 4.49. The third-order valence-electron chi connectivity index (χ3n) is 2.88. The van der Waals surface area contributed by atoms with Gasteiger partial charge in [-0.1, -0.05) is 30.3 Å². The van der Waals surface area contributed by atoms with Crippen molar-refractivity contribution in [1.82, 2.24) is 10.0 Å². The summed E-state index contributed by atoms with van der Waals surface area (Å²) in [6.45, 7) is 2.52. The predicted octanol–water partition coefficient (Wildman–Crippen LogP) is 2.51. The summed E-state index contributed by atoms with van der Waals surface area (Å²) in [6, 6.07) is 12.8. The smallest absolute Gasteiger partial charge is 0.250 e. The Balaban J connectivity index is 2.14. The second kappa shape index (κ2) is 6.49. The van der Waals surface area contributed by atoms with Crippen LogP contribution in [0.5, 0.6) is 0 Å². The molecular formula is C14H18N2O2S2. The summed E-state index contributed by atoms with van der Waals surface area (Å²) in [5, 5.41) is 3.01. The van der Waals surface area contributed by atoms with Gasteiger partial charge in [-0.3, -0.25) is 0 Å². The number of thiophene rings is 1. The zero-order valence-electron chi connectivity index (χ0n) is 11.5. The highest BCUT2D eigenvalue weighted by atomic mass is 32.2. The van der Waals surface area contributed by atoms with E-state index in [1.165, 1.54) is 11.3 Å². The molecule has 6 heteroatoms. The van der Waals surface area contributed by atoms with Crippen LogP contribution < -0.4 is 10.0 Å². The second-order valence-corrected chi connectivity index (χ2v) is 7.61. The highest BCUT2D eigenvalue weighted by Gasteiger charge is 2.20. The number of hydrogen-bond acceptors (Lipinski definition) is 4. The van der Waals surface area contributed by atoms with Crippen molar-refractivity contribution in [2.75, 3.05) is 7.05 Å². The summed E-state index contributed by atoms with van der Waals surface area (Å²) >= 11 is 1.29. The largest absolute Gasteiger partial charge is 0.315 e. The van der Waals surface area contributed by atoms with Crippen LogP contribution in [-0.2, 0) is 16.6 Å². The Morgan fingerprint density at radius 2 is 1.85 bits per heavy atom. The molecule has 108 valence electrons. The van der Waals surface area contributed by atoms with Crippen molar-refractivity contribution in [2.24, 2.45) is 0 Å². The first-order chi connectivity index (χ1) is 9.53. The van der Waals surface area contributed by atoms with E-state index in [2.05, 4.69) is 10.0 Å². The first kappa shape index (κ1) is 15.2. The average molecular weight is 310 g/mol. The maximum absolute atomic E-state index is 12.3. The summed E-state index contributed by atoms with van der Waals surface area (Å²) in [6.07, 6.45) is 0. The molecule has 1 aromatic carbocycles. The topological polar surface area (TPSA) is 58.2 Å². The first-order valence-corrected chi connectivity index (χ1v) is 8.63. The van der Waals surface area contributed by atoms with Crippen LogP contribution in [0.25, 0.3) is 0 Å². The molecule has 2 aromatic rings. The SMILES string of the molecule is CNCc1ccc(S(=O)(=O)NC(C)c2ccccc2)s1. The number of sulfonamides is 1. The summed E-state index contributed by atoms with van der Waals surface area (Å²) in [5.74, 6) is 0. The van der Waals surface area contributed by atoms with E-state index >= 15 is 0 Å². The van der Waals surface area contributed by atoms with Crippen LogP contribution >= 0.6 is 11.3 Å². The van der Waals surface area contributed by atoms with Crippen molar-refractivity contribution in [3.63, 3.8) is 0 Å². The van der Waals surface area contributed by atoms with E-state index < -0.39 is 10.0 Å². The third-order valence-corrected chi connectivity index (χ3v) is 6.00. The van der Waals surface area contributed by atoms with E-state index in [-0.39, 0.29) is 6.04 Å². The Morgan fingerprint density at radius 1 is 1.15 bits per heavy atom. The maximum Gasteiger partial charge on any atom is 0.250 e. The van der Waals surface area contributed by atoms with Gasteiger partial charge < -0.3 is 5.32 Å². The molecule has 1 unspecified atom stereocenters. The van der Waals surface area contributed by atoms with E-state index in [1.807, 2.05) is 50.4 Å². The van der Waals surface area contributed by atoms with Gasteiger partial charge in [-0.15, -0.1) is 11.3 Å². The predicted molar refractivity (Wildman–Crippen MR) is 82.3 cm³/mol. The molecular weight excluding hydrogens is 292 g/mol. The lowest BCUT2D eigenvalue weighted by molar-refractivity contribution is 0.569. The average Bonchev–Trinajstić information content (AvgIpc) is 2.89. The van der Waals surface area contributed by atoms with Gasteiger partial charge >= 0.3 is 0 Å². The third kappa shape index (κ3) is 3.67. The van der Waals surface area contributed by atoms with Crippen molar-refractivity contribution in [2.45, 2.75) is 23.7 Å². The van der Waals surface area contributed by atoms with Gasteiger partial charge in [0.2, 0.25) is 0 Å². The van der Waals surface area contributed by atoms with Crippen LogP contribution in [0.4, 0.5) is 0 Å². The Bertz CT molecular complexity index is 651. The zero-order valence-corrected chi connectivity index (χ0v) is 13.1. The molecule has 0 spiro atoms. The van der Waals surface area contributed by atoms with E-state index in [9.17, 15) is 8.42 Å². The van der Waals surface area contributed by atoms with Gasteiger partial charge in [0.1, 0.15) is 4.21 Å². The second-order valence-electron chi connectivity index (χ2n) is 4.50. The van der Waals surface area contributed by atoms with Gasteiger partial charge in [-0.05, 0) is 31.7 Å². The lowest BCUT2D eigenvalue weighted by atomic mass is 10.1. The van der Waals surface area contributed by atoms with Crippen LogP contribution in [-0.4, -0.2) is 15.5 Å². The first-order valence-electron chi connectivity index (χ1n) is 6.33. The van der Waals surface area contributed by atoms with Crippen LogP contribution in [0.2, 0.25) is 0 Å². The molecule has 0 fully saturated rings. The minimum atomic E-state index is -3.46. The molecule has 0 saturated heterocycles. The molecule has 2 rings (SSSR count). The van der Waals surface area contributed by atoms with Gasteiger partial charge in [-0.25, -0.2) is 13.1 Å². The molecule has 0 amide bonds. The van der Waals surface area contributed by atoms with Gasteiger partial charge in [0.25, 0.3) is 10.0 Å². The van der Waals surface area contributed by atoms with Crippen molar-refractivity contribution in [3.8, 4) is 0 Å². The van der Waals surface area contributed by atoms with Gasteiger partial charge in [0.15, 0.2) is 0 Å². The molecule has 0 radical (unpaired) electrons. The molecule has 0 aliphatic heterocycles. The number of hydrogen-bond donors (Lipinski definition) is 2. The van der Waals surface area contributed by atoms with Crippen LogP contribution in [0.3, 0.4) is 0 Å². The normalized spacial score (nSPS) is 13.3. The van der Waals surface area contributed by atoms with E-state index in [0.717, 1.165) is 10.4 Å². The van der Waals surface area contributed by atoms with E-state index in [1.54, 1.807) is 6.07 Å². The van der Waals surface area contributed by atoms with Crippen molar-refractivity contribution in [3.05, 3.63) is 52.9 Å². The molecule has 0 saturated carbocycles. The van der Waals surface area contributed by atoms with Crippen molar-refractivity contribution >= 4 is 21.4 Å². The quantitative estimate of drug-likeness (QED) is 0.862. The Labute approximate surface area is 123 Å². The highest BCUT2D eigenvalue weighted by molar-refractivity contribution is 7.91. The van der Waals surface area contributed by atoms with Crippen molar-refractivity contribution < 1.29 is 8.42 Å². The van der Waals surface area contributed by atoms with Crippen molar-refractivity contribution in [1.29, 1.82) is 0 Å². The van der Waals surface area contributed by atoms with Gasteiger partial charge in [0, 0.05) is 17.5 Å². The standard InChI is InChI=1S/C14H18N2O2S2/c1-11(12-6-4-3-5-7-12)16-20(17,18)14-9-8-13(19-14)10-15-2/h3-9,11,15-16H,10H2,1-2H3. The van der Waals surface area contributed by atoms with Crippen LogP contribution in [0, 0.1) is 0 Å². The minimum absolute atomic E-state index is 0.254. The van der Waals surface area contributed by atoms with E-state index in [4.69, 9.17) is 0 Å². The molecule has 2 N–H and O–H groups in total. The van der Waals surface area contributed by atoms with Gasteiger partial charge in [0.05, 0.1) is 0 Å². The number of nitrogens with one attached hydrogen (secondary N) is 2. The summed E-state index contributed by atoms with van der Waals surface area (Å²) < 4.78 is 27.7. The van der Waals surface area contributed by atoms with Crippen LogP contribution in [0.1, 0.15) is 23.4 Å². The Morgan fingerprint density at radius 3 is 2.50 bits per heavy atom. The molecule has 1 atom stereocenters. The monoisotopic (exact) mass is 310 g/mol. The van der Waals surface area contributed by atoms with Crippen LogP contribution in [0.15, 0.2) is 46.7 Å². The van der Waals surface area contributed by atoms with E-state index in [0.29, 0.717) is 10.8 Å².